The first-order chi connectivity index (χ1) is 9.60. The third-order valence-electron chi connectivity index (χ3n) is 3.26. The van der Waals surface area contributed by atoms with E-state index >= 15 is 0 Å². The minimum Gasteiger partial charge on any atom is -0.370 e. The first-order valence-corrected chi connectivity index (χ1v) is 7.48. The molecule has 2 aromatic rings. The molecule has 2 rings (SSSR count). The second kappa shape index (κ2) is 6.71. The number of anilines is 1. The standard InChI is InChI=1S/C17H18BrNO/c1-3-17(20)14-7-9-16(10-8-14)19(2)12-13-5-4-6-15(18)11-13/h4-11H,3,12H2,1-2H3. The Morgan fingerprint density at radius 1 is 1.15 bits per heavy atom. The van der Waals surface area contributed by atoms with Crippen LogP contribution in [-0.4, -0.2) is 12.8 Å². The van der Waals surface area contributed by atoms with Gasteiger partial charge in [-0.3, -0.25) is 4.79 Å². The highest BCUT2D eigenvalue weighted by molar-refractivity contribution is 9.10. The lowest BCUT2D eigenvalue weighted by molar-refractivity contribution is 0.0988. The molecule has 2 aromatic carbocycles. The molecule has 0 aliphatic heterocycles. The van der Waals surface area contributed by atoms with Gasteiger partial charge >= 0.3 is 0 Å². The molecule has 0 saturated heterocycles. The molecule has 20 heavy (non-hydrogen) atoms. The number of carbonyl (C=O) groups is 1. The molecule has 0 radical (unpaired) electrons. The summed E-state index contributed by atoms with van der Waals surface area (Å²) in [4.78, 5) is 13.8. The van der Waals surface area contributed by atoms with E-state index in [2.05, 4.69) is 40.0 Å². The van der Waals surface area contributed by atoms with E-state index in [4.69, 9.17) is 0 Å². The molecule has 0 N–H and O–H groups in total. The van der Waals surface area contributed by atoms with Crippen molar-refractivity contribution < 1.29 is 4.79 Å². The summed E-state index contributed by atoms with van der Waals surface area (Å²) in [5, 5.41) is 0. The number of Topliss-reactive ketones (excluding diaryl/α,β-unsaturated/α-hetero) is 1. The number of ketones is 1. The molecule has 3 heteroatoms. The minimum absolute atomic E-state index is 0.186. The number of nitrogens with zero attached hydrogens (tertiary/aromatic N) is 1. The van der Waals surface area contributed by atoms with Gasteiger partial charge in [0, 0.05) is 35.7 Å². The Labute approximate surface area is 128 Å². The maximum absolute atomic E-state index is 11.6. The Bertz CT molecular complexity index is 592. The van der Waals surface area contributed by atoms with Crippen LogP contribution in [0, 0.1) is 0 Å². The fourth-order valence-electron chi connectivity index (χ4n) is 2.11. The molecule has 0 saturated carbocycles. The van der Waals surface area contributed by atoms with Gasteiger partial charge in [-0.15, -0.1) is 0 Å². The van der Waals surface area contributed by atoms with E-state index < -0.39 is 0 Å². The van der Waals surface area contributed by atoms with Gasteiger partial charge in [0.05, 0.1) is 0 Å². The largest absolute Gasteiger partial charge is 0.370 e. The van der Waals surface area contributed by atoms with Crippen LogP contribution in [0.2, 0.25) is 0 Å². The molecule has 0 amide bonds. The van der Waals surface area contributed by atoms with Gasteiger partial charge in [-0.2, -0.15) is 0 Å². The summed E-state index contributed by atoms with van der Waals surface area (Å²) in [6.45, 7) is 2.72. The summed E-state index contributed by atoms with van der Waals surface area (Å²) in [6, 6.07) is 16.1. The Balaban J connectivity index is 2.09. The Morgan fingerprint density at radius 2 is 1.85 bits per heavy atom. The van der Waals surface area contributed by atoms with Gasteiger partial charge in [-0.1, -0.05) is 35.0 Å². The molecule has 0 bridgehead atoms. The first-order valence-electron chi connectivity index (χ1n) is 6.69. The molecule has 0 unspecified atom stereocenters. The quantitative estimate of drug-likeness (QED) is 0.741. The number of hydrogen-bond donors (Lipinski definition) is 0. The first kappa shape index (κ1) is 14.8. The van der Waals surface area contributed by atoms with Crippen LogP contribution in [0.15, 0.2) is 53.0 Å². The Kier molecular flexibility index (Phi) is 4.96. The van der Waals surface area contributed by atoms with E-state index in [9.17, 15) is 4.79 Å². The fraction of sp³-hybridized carbons (Fsp3) is 0.235. The van der Waals surface area contributed by atoms with Crippen molar-refractivity contribution in [2.75, 3.05) is 11.9 Å². The van der Waals surface area contributed by atoms with Gasteiger partial charge in [-0.25, -0.2) is 0 Å². The maximum Gasteiger partial charge on any atom is 0.162 e. The lowest BCUT2D eigenvalue weighted by Crippen LogP contribution is -2.16. The van der Waals surface area contributed by atoms with Gasteiger partial charge in [0.25, 0.3) is 0 Å². The molecule has 104 valence electrons. The van der Waals surface area contributed by atoms with Crippen molar-refractivity contribution in [2.45, 2.75) is 19.9 Å². The number of rotatable bonds is 5. The molecule has 2 nitrogen and oxygen atoms in total. The molecule has 0 aliphatic rings. The number of halogens is 1. The van der Waals surface area contributed by atoms with Crippen LogP contribution in [0.25, 0.3) is 0 Å². The Hall–Kier alpha value is -1.61. The van der Waals surface area contributed by atoms with E-state index in [0.29, 0.717) is 6.42 Å². The predicted octanol–water partition coefficient (Wildman–Crippen LogP) is 4.68. The smallest absolute Gasteiger partial charge is 0.162 e. The van der Waals surface area contributed by atoms with Crippen molar-refractivity contribution in [3.8, 4) is 0 Å². The number of benzene rings is 2. The highest BCUT2D eigenvalue weighted by Gasteiger charge is 2.05. The van der Waals surface area contributed by atoms with E-state index in [1.54, 1.807) is 0 Å². The van der Waals surface area contributed by atoms with Crippen LogP contribution < -0.4 is 4.90 Å². The van der Waals surface area contributed by atoms with Crippen molar-refractivity contribution in [1.82, 2.24) is 0 Å². The summed E-state index contributed by atoms with van der Waals surface area (Å²) in [5.41, 5.74) is 3.14. The van der Waals surface area contributed by atoms with Crippen LogP contribution >= 0.6 is 15.9 Å². The second-order valence-electron chi connectivity index (χ2n) is 4.81. The highest BCUT2D eigenvalue weighted by atomic mass is 79.9. The summed E-state index contributed by atoms with van der Waals surface area (Å²) < 4.78 is 1.09. The summed E-state index contributed by atoms with van der Waals surface area (Å²) in [5.74, 6) is 0.186. The monoisotopic (exact) mass is 331 g/mol. The lowest BCUT2D eigenvalue weighted by atomic mass is 10.1. The molecule has 0 aliphatic carbocycles. The summed E-state index contributed by atoms with van der Waals surface area (Å²) >= 11 is 3.49. The Morgan fingerprint density at radius 3 is 2.45 bits per heavy atom. The van der Waals surface area contributed by atoms with Gasteiger partial charge in [-0.05, 0) is 42.0 Å². The second-order valence-corrected chi connectivity index (χ2v) is 5.73. The van der Waals surface area contributed by atoms with E-state index in [1.807, 2.05) is 43.3 Å². The SMILES string of the molecule is CCC(=O)c1ccc(N(C)Cc2cccc(Br)c2)cc1. The summed E-state index contributed by atoms with van der Waals surface area (Å²) in [7, 11) is 2.05. The zero-order valence-corrected chi connectivity index (χ0v) is 13.4. The van der Waals surface area contributed by atoms with Crippen LogP contribution in [0.1, 0.15) is 29.3 Å². The predicted molar refractivity (Wildman–Crippen MR) is 87.3 cm³/mol. The van der Waals surface area contributed by atoms with Crippen molar-refractivity contribution in [3.05, 3.63) is 64.1 Å². The van der Waals surface area contributed by atoms with Crippen molar-refractivity contribution in [2.24, 2.45) is 0 Å². The fourth-order valence-corrected chi connectivity index (χ4v) is 2.55. The molecule has 0 heterocycles. The third kappa shape index (κ3) is 3.70. The molecule has 0 aromatic heterocycles. The third-order valence-corrected chi connectivity index (χ3v) is 3.75. The van der Waals surface area contributed by atoms with Crippen LogP contribution in [0.5, 0.6) is 0 Å². The van der Waals surface area contributed by atoms with E-state index in [-0.39, 0.29) is 5.78 Å². The van der Waals surface area contributed by atoms with Crippen LogP contribution in [-0.2, 0) is 6.54 Å². The van der Waals surface area contributed by atoms with Crippen LogP contribution in [0.3, 0.4) is 0 Å². The van der Waals surface area contributed by atoms with Gasteiger partial charge in [0.2, 0.25) is 0 Å². The molecular weight excluding hydrogens is 314 g/mol. The average molecular weight is 332 g/mol. The zero-order chi connectivity index (χ0) is 14.5. The van der Waals surface area contributed by atoms with Crippen LogP contribution in [0.4, 0.5) is 5.69 Å². The zero-order valence-electron chi connectivity index (χ0n) is 11.8. The number of carbonyl (C=O) groups excluding carboxylic acids is 1. The van der Waals surface area contributed by atoms with Crippen molar-refractivity contribution in [3.63, 3.8) is 0 Å². The van der Waals surface area contributed by atoms with E-state index in [0.717, 1.165) is 22.3 Å². The van der Waals surface area contributed by atoms with Gasteiger partial charge < -0.3 is 4.90 Å². The van der Waals surface area contributed by atoms with Crippen molar-refractivity contribution >= 4 is 27.4 Å². The maximum atomic E-state index is 11.6. The number of hydrogen-bond acceptors (Lipinski definition) is 2. The lowest BCUT2D eigenvalue weighted by Gasteiger charge is -2.19. The minimum atomic E-state index is 0.186. The average Bonchev–Trinajstić information content (AvgIpc) is 2.46. The van der Waals surface area contributed by atoms with E-state index in [1.165, 1.54) is 5.56 Å². The normalized spacial score (nSPS) is 10.3. The van der Waals surface area contributed by atoms with Gasteiger partial charge in [0.15, 0.2) is 5.78 Å². The molecule has 0 fully saturated rings. The highest BCUT2D eigenvalue weighted by Crippen LogP contribution is 2.19. The topological polar surface area (TPSA) is 20.3 Å². The van der Waals surface area contributed by atoms with Crippen molar-refractivity contribution in [1.29, 1.82) is 0 Å². The molecule has 0 atom stereocenters. The van der Waals surface area contributed by atoms with Gasteiger partial charge in [0.1, 0.15) is 0 Å². The summed E-state index contributed by atoms with van der Waals surface area (Å²) in [6.07, 6.45) is 0.549. The molecule has 0 spiro atoms. The molecular formula is C17H18BrNO.